The first-order valence-electron chi connectivity index (χ1n) is 10.6. The third-order valence-electron chi connectivity index (χ3n) is 5.44. The number of fused-ring (bicyclic) bond motifs is 1. The van der Waals surface area contributed by atoms with Crippen molar-refractivity contribution in [3.05, 3.63) is 89.4 Å². The van der Waals surface area contributed by atoms with Crippen LogP contribution in [0.5, 0.6) is 5.75 Å². The van der Waals surface area contributed by atoms with Gasteiger partial charge in [-0.15, -0.1) is 0 Å². The van der Waals surface area contributed by atoms with E-state index in [1.54, 1.807) is 30.3 Å². The van der Waals surface area contributed by atoms with Gasteiger partial charge in [-0.25, -0.2) is 8.42 Å². The lowest BCUT2D eigenvalue weighted by molar-refractivity contribution is -0.120. The van der Waals surface area contributed by atoms with Crippen molar-refractivity contribution in [1.29, 1.82) is 0 Å². The summed E-state index contributed by atoms with van der Waals surface area (Å²) in [5.41, 5.74) is 0.799. The van der Waals surface area contributed by atoms with Gasteiger partial charge in [-0.2, -0.15) is 0 Å². The molecule has 3 aromatic carbocycles. The number of halogens is 1. The monoisotopic (exact) mass is 484 g/mol. The number of carbonyl (C=O) groups excluding carboxylic acids is 1. The first kappa shape index (κ1) is 23.1. The minimum Gasteiger partial charge on any atom is -0.487 e. The Labute approximate surface area is 199 Å². The Balaban J connectivity index is 1.62. The van der Waals surface area contributed by atoms with E-state index in [9.17, 15) is 13.2 Å². The predicted octanol–water partition coefficient (Wildman–Crippen LogP) is 4.95. The number of nitrogens with one attached hydrogen (secondary N) is 1. The standard InChI is InChI=1S/C25H25ClN2O4S/c1-25(2)16-22(21-10-6-7-11-23(21)32-25)27-24(29)17-28(19-8-4-3-5-9-19)33(30,31)20-14-12-18(26)13-15-20/h3-15,22H,16-17H2,1-2H3,(H,27,29). The van der Waals surface area contributed by atoms with Crippen LogP contribution >= 0.6 is 11.6 Å². The first-order valence-corrected chi connectivity index (χ1v) is 12.4. The van der Waals surface area contributed by atoms with E-state index in [2.05, 4.69) is 5.32 Å². The summed E-state index contributed by atoms with van der Waals surface area (Å²) in [5, 5.41) is 3.45. The normalized spacial score (nSPS) is 16.9. The number of rotatable bonds is 6. The molecule has 0 saturated carbocycles. The van der Waals surface area contributed by atoms with Crippen molar-refractivity contribution in [2.24, 2.45) is 0 Å². The molecule has 0 aromatic heterocycles. The van der Waals surface area contributed by atoms with Crippen molar-refractivity contribution in [2.45, 2.75) is 36.8 Å². The van der Waals surface area contributed by atoms with Gasteiger partial charge in [0.15, 0.2) is 0 Å². The summed E-state index contributed by atoms with van der Waals surface area (Å²) >= 11 is 5.93. The second kappa shape index (κ2) is 9.08. The Kier molecular flexibility index (Phi) is 6.36. The van der Waals surface area contributed by atoms with Gasteiger partial charge in [-0.05, 0) is 56.3 Å². The zero-order valence-corrected chi connectivity index (χ0v) is 19.9. The highest BCUT2D eigenvalue weighted by molar-refractivity contribution is 7.92. The maximum atomic E-state index is 13.5. The van der Waals surface area contributed by atoms with Gasteiger partial charge < -0.3 is 10.1 Å². The Morgan fingerprint density at radius 1 is 1.03 bits per heavy atom. The molecule has 4 rings (SSSR count). The average molecular weight is 485 g/mol. The summed E-state index contributed by atoms with van der Waals surface area (Å²) in [4.78, 5) is 13.2. The number of ether oxygens (including phenoxy) is 1. The molecule has 0 bridgehead atoms. The number of nitrogens with zero attached hydrogens (tertiary/aromatic N) is 1. The second-order valence-corrected chi connectivity index (χ2v) is 10.8. The lowest BCUT2D eigenvalue weighted by Gasteiger charge is -2.38. The molecule has 1 aliphatic heterocycles. The molecule has 0 saturated heterocycles. The fourth-order valence-electron chi connectivity index (χ4n) is 3.94. The van der Waals surface area contributed by atoms with Crippen molar-refractivity contribution in [3.8, 4) is 5.75 Å². The number of sulfonamides is 1. The van der Waals surface area contributed by atoms with Gasteiger partial charge in [0, 0.05) is 17.0 Å². The van der Waals surface area contributed by atoms with Gasteiger partial charge in [0.25, 0.3) is 10.0 Å². The molecule has 1 heterocycles. The van der Waals surface area contributed by atoms with Crippen LogP contribution in [-0.4, -0.2) is 26.5 Å². The summed E-state index contributed by atoms with van der Waals surface area (Å²) in [7, 11) is -4.00. The van der Waals surface area contributed by atoms with Gasteiger partial charge in [-0.1, -0.05) is 48.0 Å². The molecule has 1 atom stereocenters. The van der Waals surface area contributed by atoms with E-state index in [0.29, 0.717) is 22.9 Å². The van der Waals surface area contributed by atoms with Crippen LogP contribution in [0.4, 0.5) is 5.69 Å². The summed E-state index contributed by atoms with van der Waals surface area (Å²) in [6.45, 7) is 3.56. The van der Waals surface area contributed by atoms with Crippen molar-refractivity contribution in [1.82, 2.24) is 5.32 Å². The highest BCUT2D eigenvalue weighted by Gasteiger charge is 2.35. The summed E-state index contributed by atoms with van der Waals surface area (Å²) in [5.74, 6) is 0.307. The maximum Gasteiger partial charge on any atom is 0.264 e. The number of hydrogen-bond acceptors (Lipinski definition) is 4. The molecule has 172 valence electrons. The third kappa shape index (κ3) is 5.15. The van der Waals surface area contributed by atoms with E-state index in [1.807, 2.05) is 38.1 Å². The van der Waals surface area contributed by atoms with Crippen molar-refractivity contribution < 1.29 is 17.9 Å². The largest absolute Gasteiger partial charge is 0.487 e. The lowest BCUT2D eigenvalue weighted by Crippen LogP contribution is -2.45. The van der Waals surface area contributed by atoms with Crippen LogP contribution in [0.3, 0.4) is 0 Å². The number of carbonyl (C=O) groups is 1. The number of amides is 1. The van der Waals surface area contributed by atoms with Crippen LogP contribution in [0.1, 0.15) is 31.9 Å². The molecule has 0 aliphatic carbocycles. The number of para-hydroxylation sites is 2. The molecule has 0 fully saturated rings. The smallest absolute Gasteiger partial charge is 0.264 e. The van der Waals surface area contributed by atoms with Crippen molar-refractivity contribution >= 4 is 33.2 Å². The molecule has 1 aliphatic rings. The van der Waals surface area contributed by atoms with E-state index < -0.39 is 21.5 Å². The number of hydrogen-bond donors (Lipinski definition) is 1. The minimum atomic E-state index is -4.00. The van der Waals surface area contributed by atoms with Crippen LogP contribution in [0.2, 0.25) is 5.02 Å². The summed E-state index contributed by atoms with van der Waals surface area (Å²) in [6.07, 6.45) is 0.561. The fraction of sp³-hybridized carbons (Fsp3) is 0.240. The Bertz CT molecular complexity index is 1240. The molecule has 1 amide bonds. The third-order valence-corrected chi connectivity index (χ3v) is 7.48. The average Bonchev–Trinajstić information content (AvgIpc) is 2.77. The van der Waals surface area contributed by atoms with Gasteiger partial charge in [0.1, 0.15) is 17.9 Å². The number of anilines is 1. The molecule has 6 nitrogen and oxygen atoms in total. The predicted molar refractivity (Wildman–Crippen MR) is 129 cm³/mol. The zero-order chi connectivity index (χ0) is 23.6. The molecule has 8 heteroatoms. The van der Waals surface area contributed by atoms with Crippen LogP contribution in [0.25, 0.3) is 0 Å². The summed E-state index contributed by atoms with van der Waals surface area (Å²) in [6, 6.07) is 21.7. The van der Waals surface area contributed by atoms with Gasteiger partial charge in [-0.3, -0.25) is 9.10 Å². The summed E-state index contributed by atoms with van der Waals surface area (Å²) < 4.78 is 34.1. The Morgan fingerprint density at radius 3 is 2.36 bits per heavy atom. The van der Waals surface area contributed by atoms with E-state index in [0.717, 1.165) is 9.87 Å². The molecule has 1 unspecified atom stereocenters. The molecular formula is C25H25ClN2O4S. The highest BCUT2D eigenvalue weighted by Crippen LogP contribution is 2.39. The first-order chi connectivity index (χ1) is 15.7. The van der Waals surface area contributed by atoms with E-state index in [1.165, 1.54) is 24.3 Å². The van der Waals surface area contributed by atoms with Gasteiger partial charge in [0.2, 0.25) is 5.91 Å². The Hall–Kier alpha value is -3.03. The highest BCUT2D eigenvalue weighted by atomic mass is 35.5. The molecule has 1 N–H and O–H groups in total. The van der Waals surface area contributed by atoms with Crippen LogP contribution < -0.4 is 14.4 Å². The van der Waals surface area contributed by atoms with Gasteiger partial charge in [0.05, 0.1) is 16.6 Å². The minimum absolute atomic E-state index is 0.0566. The van der Waals surface area contributed by atoms with Crippen LogP contribution in [-0.2, 0) is 14.8 Å². The fourth-order valence-corrected chi connectivity index (χ4v) is 5.49. The van der Waals surface area contributed by atoms with Crippen LogP contribution in [0, 0.1) is 0 Å². The van der Waals surface area contributed by atoms with Crippen molar-refractivity contribution in [3.63, 3.8) is 0 Å². The molecule has 0 radical (unpaired) electrons. The Morgan fingerprint density at radius 2 is 1.67 bits per heavy atom. The van der Waals surface area contributed by atoms with E-state index in [4.69, 9.17) is 16.3 Å². The zero-order valence-electron chi connectivity index (χ0n) is 18.4. The van der Waals surface area contributed by atoms with Gasteiger partial charge >= 0.3 is 0 Å². The lowest BCUT2D eigenvalue weighted by atomic mass is 9.89. The molecule has 33 heavy (non-hydrogen) atoms. The van der Waals surface area contributed by atoms with E-state index >= 15 is 0 Å². The molecule has 3 aromatic rings. The second-order valence-electron chi connectivity index (χ2n) is 8.52. The quantitative estimate of drug-likeness (QED) is 0.537. The number of benzene rings is 3. The van der Waals surface area contributed by atoms with Crippen molar-refractivity contribution in [2.75, 3.05) is 10.8 Å². The molecule has 0 spiro atoms. The van der Waals surface area contributed by atoms with Crippen LogP contribution in [0.15, 0.2) is 83.8 Å². The molecular weight excluding hydrogens is 460 g/mol. The maximum absolute atomic E-state index is 13.5. The topological polar surface area (TPSA) is 75.7 Å². The van der Waals surface area contributed by atoms with E-state index in [-0.39, 0.29) is 17.5 Å². The SMILES string of the molecule is CC1(C)CC(NC(=O)CN(c2ccccc2)S(=O)(=O)c2ccc(Cl)cc2)c2ccccc2O1.